The molecular formula is C18H18F4N4O3. The second kappa shape index (κ2) is 8.10. The molecule has 0 aliphatic carbocycles. The number of aliphatic imine (C=N–C) groups is 1. The summed E-state index contributed by atoms with van der Waals surface area (Å²) in [5, 5.41) is 5.29. The van der Waals surface area contributed by atoms with E-state index in [2.05, 4.69) is 20.4 Å². The summed E-state index contributed by atoms with van der Waals surface area (Å²) in [5.41, 5.74) is 0.532. The van der Waals surface area contributed by atoms with Gasteiger partial charge < -0.3 is 15.4 Å². The minimum Gasteiger partial charge on any atom is -0.406 e. The SMILES string of the molecule is CCC(NC(=O)N1CC(=O)NC2=C1N=CCC2)c1ccc(OC(F)(F)F)cc1F. The van der Waals surface area contributed by atoms with E-state index < -0.39 is 30.0 Å². The van der Waals surface area contributed by atoms with Crippen molar-refractivity contribution < 1.29 is 31.9 Å². The van der Waals surface area contributed by atoms with Crippen molar-refractivity contribution >= 4 is 18.2 Å². The molecular weight excluding hydrogens is 396 g/mol. The molecule has 0 bridgehead atoms. The van der Waals surface area contributed by atoms with E-state index in [1.54, 1.807) is 13.1 Å². The van der Waals surface area contributed by atoms with Crippen molar-refractivity contribution in [3.8, 4) is 5.75 Å². The van der Waals surface area contributed by atoms with Crippen molar-refractivity contribution in [2.45, 2.75) is 38.6 Å². The first kappa shape index (κ1) is 20.6. The first-order valence-electron chi connectivity index (χ1n) is 8.86. The van der Waals surface area contributed by atoms with Crippen molar-refractivity contribution in [3.05, 3.63) is 41.1 Å². The van der Waals surface area contributed by atoms with Gasteiger partial charge in [0.1, 0.15) is 18.1 Å². The quantitative estimate of drug-likeness (QED) is 0.742. The minimum atomic E-state index is -4.94. The van der Waals surface area contributed by atoms with Crippen LogP contribution < -0.4 is 15.4 Å². The Morgan fingerprint density at radius 2 is 2.17 bits per heavy atom. The van der Waals surface area contributed by atoms with Crippen LogP contribution in [0.5, 0.6) is 5.75 Å². The number of amides is 3. The predicted molar refractivity (Wildman–Crippen MR) is 94.2 cm³/mol. The Balaban J connectivity index is 1.78. The lowest BCUT2D eigenvalue weighted by Gasteiger charge is -2.32. The number of halogens is 4. The van der Waals surface area contributed by atoms with Crippen molar-refractivity contribution in [3.63, 3.8) is 0 Å². The molecule has 0 aromatic heterocycles. The molecule has 0 radical (unpaired) electrons. The van der Waals surface area contributed by atoms with Crippen molar-refractivity contribution in [2.75, 3.05) is 6.54 Å². The molecule has 156 valence electrons. The molecule has 1 atom stereocenters. The fraction of sp³-hybridized carbons (Fsp3) is 0.389. The highest BCUT2D eigenvalue weighted by Crippen LogP contribution is 2.29. The van der Waals surface area contributed by atoms with Crippen molar-refractivity contribution in [2.24, 2.45) is 4.99 Å². The van der Waals surface area contributed by atoms with Gasteiger partial charge in [-0.3, -0.25) is 9.69 Å². The maximum atomic E-state index is 14.4. The standard InChI is InChI=1S/C18H18F4N4O3/c1-2-13(11-6-5-10(8-12(11)19)29-18(20,21)22)25-17(28)26-9-15(27)24-14-4-3-7-23-16(14)26/h5-8,13H,2-4,9H2,1H3,(H,24,27)(H,25,28). The third kappa shape index (κ3) is 4.84. The molecule has 7 nitrogen and oxygen atoms in total. The third-order valence-corrected chi connectivity index (χ3v) is 4.39. The lowest BCUT2D eigenvalue weighted by atomic mass is 10.0. The molecule has 2 aliphatic heterocycles. The van der Waals surface area contributed by atoms with Crippen LogP contribution in [0, 0.1) is 5.82 Å². The van der Waals surface area contributed by atoms with Gasteiger partial charge in [0.2, 0.25) is 5.91 Å². The van der Waals surface area contributed by atoms with E-state index in [1.165, 1.54) is 0 Å². The highest BCUT2D eigenvalue weighted by molar-refractivity contribution is 5.89. The number of urea groups is 1. The summed E-state index contributed by atoms with van der Waals surface area (Å²) in [6.45, 7) is 1.43. The molecule has 0 saturated heterocycles. The van der Waals surface area contributed by atoms with Crippen LogP contribution in [0.25, 0.3) is 0 Å². The van der Waals surface area contributed by atoms with Crippen LogP contribution >= 0.6 is 0 Å². The van der Waals surface area contributed by atoms with Crippen LogP contribution in [0.3, 0.4) is 0 Å². The normalized spacial score (nSPS) is 17.6. The lowest BCUT2D eigenvalue weighted by Crippen LogP contribution is -2.50. The topological polar surface area (TPSA) is 83.0 Å². The Bertz CT molecular complexity index is 882. The first-order valence-corrected chi connectivity index (χ1v) is 8.86. The summed E-state index contributed by atoms with van der Waals surface area (Å²) in [4.78, 5) is 29.9. The van der Waals surface area contributed by atoms with Gasteiger partial charge in [0.25, 0.3) is 0 Å². The average molecular weight is 414 g/mol. The van der Waals surface area contributed by atoms with Gasteiger partial charge in [0.05, 0.1) is 11.7 Å². The largest absolute Gasteiger partial charge is 0.573 e. The molecule has 1 unspecified atom stereocenters. The summed E-state index contributed by atoms with van der Waals surface area (Å²) in [7, 11) is 0. The smallest absolute Gasteiger partial charge is 0.406 e. The van der Waals surface area contributed by atoms with E-state index in [0.29, 0.717) is 30.4 Å². The average Bonchev–Trinajstić information content (AvgIpc) is 2.64. The molecule has 1 aromatic carbocycles. The molecule has 0 spiro atoms. The highest BCUT2D eigenvalue weighted by Gasteiger charge is 2.33. The fourth-order valence-corrected chi connectivity index (χ4v) is 3.11. The maximum Gasteiger partial charge on any atom is 0.573 e. The monoisotopic (exact) mass is 414 g/mol. The van der Waals surface area contributed by atoms with Gasteiger partial charge in [-0.1, -0.05) is 13.0 Å². The number of rotatable bonds is 4. The Hall–Kier alpha value is -3.11. The van der Waals surface area contributed by atoms with Crippen LogP contribution in [0.15, 0.2) is 34.7 Å². The van der Waals surface area contributed by atoms with Crippen LogP contribution in [0.2, 0.25) is 0 Å². The number of hydrogen-bond donors (Lipinski definition) is 2. The number of benzene rings is 1. The van der Waals surface area contributed by atoms with Gasteiger partial charge in [-0.05, 0) is 25.3 Å². The zero-order valence-electron chi connectivity index (χ0n) is 15.3. The van der Waals surface area contributed by atoms with E-state index in [1.807, 2.05) is 0 Å². The van der Waals surface area contributed by atoms with Gasteiger partial charge in [-0.25, -0.2) is 14.2 Å². The number of allylic oxidation sites excluding steroid dienone is 1. The van der Waals surface area contributed by atoms with Crippen LogP contribution in [0.4, 0.5) is 22.4 Å². The van der Waals surface area contributed by atoms with E-state index >= 15 is 0 Å². The summed E-state index contributed by atoms with van der Waals surface area (Å²) in [6.07, 6.45) is -1.89. The first-order chi connectivity index (χ1) is 13.7. The van der Waals surface area contributed by atoms with E-state index in [-0.39, 0.29) is 24.4 Å². The number of carbonyl (C=O) groups is 2. The van der Waals surface area contributed by atoms with E-state index in [4.69, 9.17) is 0 Å². The predicted octanol–water partition coefficient (Wildman–Crippen LogP) is 3.35. The number of nitrogens with one attached hydrogen (secondary N) is 2. The molecule has 2 N–H and O–H groups in total. The molecule has 2 heterocycles. The van der Waals surface area contributed by atoms with Gasteiger partial charge in [-0.15, -0.1) is 13.2 Å². The van der Waals surface area contributed by atoms with Crippen molar-refractivity contribution in [1.29, 1.82) is 0 Å². The third-order valence-electron chi connectivity index (χ3n) is 4.39. The summed E-state index contributed by atoms with van der Waals surface area (Å²) < 4.78 is 54.9. The Labute approximate surface area is 163 Å². The zero-order valence-corrected chi connectivity index (χ0v) is 15.3. The van der Waals surface area contributed by atoms with E-state index in [9.17, 15) is 27.2 Å². The molecule has 3 rings (SSSR count). The lowest BCUT2D eigenvalue weighted by molar-refractivity contribution is -0.274. The summed E-state index contributed by atoms with van der Waals surface area (Å²) >= 11 is 0. The second-order valence-corrected chi connectivity index (χ2v) is 6.43. The number of hydrogen-bond acceptors (Lipinski definition) is 4. The van der Waals surface area contributed by atoms with Gasteiger partial charge in [0, 0.05) is 17.8 Å². The molecule has 11 heteroatoms. The van der Waals surface area contributed by atoms with Crippen molar-refractivity contribution in [1.82, 2.24) is 15.5 Å². The highest BCUT2D eigenvalue weighted by atomic mass is 19.4. The summed E-state index contributed by atoms with van der Waals surface area (Å²) in [6, 6.07) is 1.22. The Morgan fingerprint density at radius 3 is 2.83 bits per heavy atom. The van der Waals surface area contributed by atoms with Crippen LogP contribution in [-0.4, -0.2) is 36.0 Å². The molecule has 29 heavy (non-hydrogen) atoms. The van der Waals surface area contributed by atoms with E-state index in [0.717, 1.165) is 17.0 Å². The second-order valence-electron chi connectivity index (χ2n) is 6.43. The molecule has 3 amide bonds. The van der Waals surface area contributed by atoms with Gasteiger partial charge in [-0.2, -0.15) is 0 Å². The number of ether oxygens (including phenoxy) is 1. The van der Waals surface area contributed by atoms with Gasteiger partial charge in [0.15, 0.2) is 5.82 Å². The number of nitrogens with zero attached hydrogens (tertiary/aromatic N) is 2. The summed E-state index contributed by atoms with van der Waals surface area (Å²) in [5.74, 6) is -1.70. The number of carbonyl (C=O) groups excluding carboxylic acids is 2. The van der Waals surface area contributed by atoms with Crippen LogP contribution in [0.1, 0.15) is 37.8 Å². The van der Waals surface area contributed by atoms with Gasteiger partial charge >= 0.3 is 12.4 Å². The Kier molecular flexibility index (Phi) is 5.76. The fourth-order valence-electron chi connectivity index (χ4n) is 3.11. The number of alkyl halides is 3. The van der Waals surface area contributed by atoms with Crippen LogP contribution in [-0.2, 0) is 4.79 Å². The molecule has 0 fully saturated rings. The molecule has 2 aliphatic rings. The maximum absolute atomic E-state index is 14.4. The molecule has 0 saturated carbocycles. The zero-order chi connectivity index (χ0) is 21.2. The minimum absolute atomic E-state index is 0.00168. The molecule has 1 aromatic rings. The Morgan fingerprint density at radius 1 is 1.41 bits per heavy atom.